The summed E-state index contributed by atoms with van der Waals surface area (Å²) in [5, 5.41) is 11.7. The predicted octanol–water partition coefficient (Wildman–Crippen LogP) is 5.29. The van der Waals surface area contributed by atoms with Gasteiger partial charge in [-0.1, -0.05) is 17.7 Å². The van der Waals surface area contributed by atoms with Crippen molar-refractivity contribution in [2.45, 2.75) is 0 Å². The Balaban J connectivity index is 1.82. The number of aliphatic carboxylic acids is 1. The van der Waals surface area contributed by atoms with Crippen LogP contribution in [0.25, 0.3) is 0 Å². The molecule has 1 aliphatic rings. The van der Waals surface area contributed by atoms with E-state index >= 15 is 0 Å². The van der Waals surface area contributed by atoms with Crippen LogP contribution in [-0.4, -0.2) is 34.5 Å². The Hall–Kier alpha value is -1.88. The van der Waals surface area contributed by atoms with E-state index in [1.807, 2.05) is 0 Å². The standard InChI is InChI=1S/C19H11Br2ClFNO5S/c20-11-4-8(24-17(25)9-6-30-7-10(9)18(26)27)5-12(21)16(11)29-19(28)15-13(22)2-1-3-14(15)23/h1-5H,6-7H2,(H,24,25)(H,26,27). The van der Waals surface area contributed by atoms with Gasteiger partial charge in [0.15, 0.2) is 5.75 Å². The molecule has 0 radical (unpaired) electrons. The van der Waals surface area contributed by atoms with Gasteiger partial charge in [-0.05, 0) is 56.1 Å². The van der Waals surface area contributed by atoms with Crippen molar-refractivity contribution in [3.63, 3.8) is 0 Å². The minimum atomic E-state index is -1.12. The summed E-state index contributed by atoms with van der Waals surface area (Å²) in [4.78, 5) is 36.1. The second-order valence-corrected chi connectivity index (χ2v) is 9.07. The smallest absolute Gasteiger partial charge is 0.348 e. The Labute approximate surface area is 196 Å². The maximum Gasteiger partial charge on any atom is 0.348 e. The molecule has 1 amide bonds. The van der Waals surface area contributed by atoms with E-state index in [9.17, 15) is 23.9 Å². The first kappa shape index (κ1) is 22.8. The predicted molar refractivity (Wildman–Crippen MR) is 119 cm³/mol. The first-order valence-electron chi connectivity index (χ1n) is 8.18. The highest BCUT2D eigenvalue weighted by molar-refractivity contribution is 9.11. The third-order valence-electron chi connectivity index (χ3n) is 4.01. The van der Waals surface area contributed by atoms with E-state index in [4.69, 9.17) is 16.3 Å². The number of nitrogens with one attached hydrogen (secondary N) is 1. The van der Waals surface area contributed by atoms with Gasteiger partial charge < -0.3 is 15.2 Å². The fourth-order valence-corrected chi connectivity index (χ4v) is 5.30. The molecule has 30 heavy (non-hydrogen) atoms. The lowest BCUT2D eigenvalue weighted by atomic mass is 10.1. The molecule has 0 fully saturated rings. The highest BCUT2D eigenvalue weighted by atomic mass is 79.9. The number of esters is 1. The maximum atomic E-state index is 13.9. The van der Waals surface area contributed by atoms with Crippen molar-refractivity contribution in [1.29, 1.82) is 0 Å². The third kappa shape index (κ3) is 4.88. The number of hydrogen-bond acceptors (Lipinski definition) is 5. The first-order chi connectivity index (χ1) is 14.2. The molecule has 1 heterocycles. The zero-order valence-electron chi connectivity index (χ0n) is 14.8. The topological polar surface area (TPSA) is 92.7 Å². The number of thioether (sulfide) groups is 1. The van der Waals surface area contributed by atoms with Gasteiger partial charge in [0.2, 0.25) is 0 Å². The summed E-state index contributed by atoms with van der Waals surface area (Å²) in [6.07, 6.45) is 0. The molecule has 0 bridgehead atoms. The summed E-state index contributed by atoms with van der Waals surface area (Å²) in [7, 11) is 0. The van der Waals surface area contributed by atoms with Crippen molar-refractivity contribution in [2.75, 3.05) is 16.8 Å². The monoisotopic (exact) mass is 577 g/mol. The van der Waals surface area contributed by atoms with E-state index in [0.29, 0.717) is 20.4 Å². The molecular weight excluding hydrogens is 569 g/mol. The lowest BCUT2D eigenvalue weighted by molar-refractivity contribution is -0.132. The van der Waals surface area contributed by atoms with E-state index in [0.717, 1.165) is 6.07 Å². The molecule has 3 rings (SSSR count). The normalized spacial score (nSPS) is 13.3. The number of carboxylic acids is 1. The molecule has 2 aromatic carbocycles. The van der Waals surface area contributed by atoms with Crippen LogP contribution in [0.5, 0.6) is 5.75 Å². The van der Waals surface area contributed by atoms with Crippen molar-refractivity contribution in [2.24, 2.45) is 0 Å². The first-order valence-corrected chi connectivity index (χ1v) is 11.3. The summed E-state index contributed by atoms with van der Waals surface area (Å²) in [5.41, 5.74) is 0.200. The molecule has 11 heteroatoms. The Morgan fingerprint density at radius 3 is 2.37 bits per heavy atom. The van der Waals surface area contributed by atoms with Crippen LogP contribution < -0.4 is 10.1 Å². The van der Waals surface area contributed by atoms with Crippen LogP contribution in [0.4, 0.5) is 10.1 Å². The molecule has 2 aromatic rings. The minimum Gasteiger partial charge on any atom is -0.478 e. The quantitative estimate of drug-likeness (QED) is 0.370. The van der Waals surface area contributed by atoms with Crippen LogP contribution in [0.2, 0.25) is 5.02 Å². The minimum absolute atomic E-state index is 0.0548. The average Bonchev–Trinajstić information content (AvgIpc) is 3.15. The van der Waals surface area contributed by atoms with Crippen LogP contribution >= 0.6 is 55.2 Å². The molecular formula is C19H11Br2ClFNO5S. The highest BCUT2D eigenvalue weighted by Crippen LogP contribution is 2.38. The van der Waals surface area contributed by atoms with Gasteiger partial charge >= 0.3 is 11.9 Å². The number of ether oxygens (including phenoxy) is 1. The second-order valence-electron chi connectivity index (χ2n) is 5.96. The van der Waals surface area contributed by atoms with Crippen LogP contribution in [-0.2, 0) is 9.59 Å². The second kappa shape index (κ2) is 9.51. The molecule has 0 spiro atoms. The molecule has 0 aliphatic carbocycles. The molecule has 6 nitrogen and oxygen atoms in total. The number of amides is 1. The molecule has 0 atom stereocenters. The summed E-state index contributed by atoms with van der Waals surface area (Å²) in [6.45, 7) is 0. The van der Waals surface area contributed by atoms with E-state index in [1.54, 1.807) is 0 Å². The van der Waals surface area contributed by atoms with Gasteiger partial charge in [-0.15, -0.1) is 0 Å². The SMILES string of the molecule is O=C(O)C1=C(C(=O)Nc2cc(Br)c(OC(=O)c3c(F)cccc3Cl)c(Br)c2)CSC1. The fourth-order valence-electron chi connectivity index (χ4n) is 2.60. The number of carbonyl (C=O) groups excluding carboxylic acids is 2. The van der Waals surface area contributed by atoms with Gasteiger partial charge in [-0.25, -0.2) is 14.0 Å². The van der Waals surface area contributed by atoms with E-state index in [2.05, 4.69) is 37.2 Å². The lowest BCUT2D eigenvalue weighted by Gasteiger charge is -2.13. The largest absolute Gasteiger partial charge is 0.478 e. The van der Waals surface area contributed by atoms with Crippen molar-refractivity contribution in [3.8, 4) is 5.75 Å². The lowest BCUT2D eigenvalue weighted by Crippen LogP contribution is -2.18. The van der Waals surface area contributed by atoms with E-state index < -0.39 is 29.2 Å². The summed E-state index contributed by atoms with van der Waals surface area (Å²) < 4.78 is 19.8. The third-order valence-corrected chi connectivity index (χ3v) is 6.49. The van der Waals surface area contributed by atoms with Crippen LogP contribution in [0, 0.1) is 5.82 Å². The molecule has 1 aliphatic heterocycles. The van der Waals surface area contributed by atoms with Gasteiger partial charge in [0.25, 0.3) is 5.91 Å². The average molecular weight is 580 g/mol. The zero-order valence-corrected chi connectivity index (χ0v) is 19.5. The molecule has 0 aromatic heterocycles. The van der Waals surface area contributed by atoms with E-state index in [-0.39, 0.29) is 27.7 Å². The summed E-state index contributed by atoms with van der Waals surface area (Å²) in [5.74, 6) is -2.84. The molecule has 0 saturated carbocycles. The van der Waals surface area contributed by atoms with Gasteiger partial charge in [0.05, 0.1) is 19.5 Å². The van der Waals surface area contributed by atoms with Gasteiger partial charge in [-0.2, -0.15) is 11.8 Å². The Morgan fingerprint density at radius 1 is 1.13 bits per heavy atom. The molecule has 156 valence electrons. The number of carbonyl (C=O) groups is 3. The molecule has 2 N–H and O–H groups in total. The Bertz CT molecular complexity index is 1070. The molecule has 0 saturated heterocycles. The number of benzene rings is 2. The van der Waals surface area contributed by atoms with Crippen LogP contribution in [0.1, 0.15) is 10.4 Å². The van der Waals surface area contributed by atoms with Crippen LogP contribution in [0.3, 0.4) is 0 Å². The van der Waals surface area contributed by atoms with Crippen molar-refractivity contribution >= 4 is 78.8 Å². The van der Waals surface area contributed by atoms with Crippen LogP contribution in [0.15, 0.2) is 50.4 Å². The van der Waals surface area contributed by atoms with Crippen molar-refractivity contribution in [3.05, 3.63) is 66.8 Å². The zero-order chi connectivity index (χ0) is 22.0. The van der Waals surface area contributed by atoms with Crippen molar-refractivity contribution in [1.82, 2.24) is 0 Å². The summed E-state index contributed by atoms with van der Waals surface area (Å²) >= 11 is 13.7. The summed E-state index contributed by atoms with van der Waals surface area (Å²) in [6, 6.07) is 6.76. The Kier molecular flexibility index (Phi) is 7.22. The number of rotatable bonds is 5. The highest BCUT2D eigenvalue weighted by Gasteiger charge is 2.26. The maximum absolute atomic E-state index is 13.9. The number of hydrogen-bond donors (Lipinski definition) is 2. The van der Waals surface area contributed by atoms with Gasteiger partial charge in [0, 0.05) is 22.8 Å². The Morgan fingerprint density at radius 2 is 1.77 bits per heavy atom. The fraction of sp³-hybridized carbons (Fsp3) is 0.105. The van der Waals surface area contributed by atoms with Gasteiger partial charge in [-0.3, -0.25) is 4.79 Å². The molecule has 0 unspecified atom stereocenters. The number of carboxylic acid groups (broad SMARTS) is 1. The van der Waals surface area contributed by atoms with Gasteiger partial charge in [0.1, 0.15) is 11.4 Å². The van der Waals surface area contributed by atoms with E-state index in [1.165, 1.54) is 36.0 Å². The number of anilines is 1. The van der Waals surface area contributed by atoms with Crippen molar-refractivity contribution < 1.29 is 28.6 Å². The number of halogens is 4.